The van der Waals surface area contributed by atoms with Gasteiger partial charge < -0.3 is 14.3 Å². The molecule has 1 aromatic carbocycles. The highest BCUT2D eigenvalue weighted by Gasteiger charge is 2.07. The number of halogens is 2. The Morgan fingerprint density at radius 2 is 2.16 bits per heavy atom. The van der Waals surface area contributed by atoms with Crippen LogP contribution in [-0.4, -0.2) is 5.11 Å². The standard InChI is InChI=1S/C13H10BrFO4/c14-11-3-9(15)2-1-8(11)6-19-13-7-18-10(5-16)4-12(13)17/h1-4,7,16H,5-6H2. The van der Waals surface area contributed by atoms with Crippen molar-refractivity contribution < 1.29 is 18.7 Å². The van der Waals surface area contributed by atoms with E-state index in [9.17, 15) is 9.18 Å². The van der Waals surface area contributed by atoms with E-state index in [1.54, 1.807) is 6.07 Å². The molecule has 19 heavy (non-hydrogen) atoms. The highest BCUT2D eigenvalue weighted by atomic mass is 79.9. The smallest absolute Gasteiger partial charge is 0.227 e. The predicted molar refractivity (Wildman–Crippen MR) is 69.3 cm³/mol. The molecule has 2 aromatic rings. The van der Waals surface area contributed by atoms with Crippen LogP contribution in [0.4, 0.5) is 4.39 Å². The van der Waals surface area contributed by atoms with Crippen molar-refractivity contribution in [3.8, 4) is 5.75 Å². The summed E-state index contributed by atoms with van der Waals surface area (Å²) < 4.78 is 23.7. The van der Waals surface area contributed by atoms with Crippen LogP contribution < -0.4 is 10.2 Å². The zero-order valence-electron chi connectivity index (χ0n) is 9.73. The van der Waals surface area contributed by atoms with E-state index >= 15 is 0 Å². The SMILES string of the molecule is O=c1cc(CO)occ1OCc1ccc(F)cc1Br. The highest BCUT2D eigenvalue weighted by Crippen LogP contribution is 2.19. The molecule has 0 saturated heterocycles. The molecule has 100 valence electrons. The lowest BCUT2D eigenvalue weighted by Gasteiger charge is -2.07. The maximum Gasteiger partial charge on any atom is 0.227 e. The lowest BCUT2D eigenvalue weighted by molar-refractivity contribution is 0.236. The molecule has 1 aromatic heterocycles. The largest absolute Gasteiger partial charge is 0.482 e. The number of ether oxygens (including phenoxy) is 1. The highest BCUT2D eigenvalue weighted by molar-refractivity contribution is 9.10. The first-order valence-corrected chi connectivity index (χ1v) is 6.19. The molecule has 0 aliphatic heterocycles. The molecule has 6 heteroatoms. The second kappa shape index (κ2) is 5.99. The Hall–Kier alpha value is -1.66. The summed E-state index contributed by atoms with van der Waals surface area (Å²) in [5.41, 5.74) is 0.320. The fourth-order valence-electron chi connectivity index (χ4n) is 1.42. The van der Waals surface area contributed by atoms with Crippen molar-refractivity contribution in [3.63, 3.8) is 0 Å². The third kappa shape index (κ3) is 3.42. The van der Waals surface area contributed by atoms with Gasteiger partial charge in [0, 0.05) is 16.1 Å². The average Bonchev–Trinajstić information content (AvgIpc) is 2.39. The second-order valence-corrected chi connectivity index (χ2v) is 4.61. The van der Waals surface area contributed by atoms with Crippen molar-refractivity contribution >= 4 is 15.9 Å². The molecule has 0 fully saturated rings. The number of aliphatic hydroxyl groups is 1. The predicted octanol–water partition coefficient (Wildman–Crippen LogP) is 2.61. The van der Waals surface area contributed by atoms with E-state index in [1.807, 2.05) is 0 Å². The number of hydrogen-bond donors (Lipinski definition) is 1. The van der Waals surface area contributed by atoms with E-state index in [0.29, 0.717) is 10.0 Å². The third-order valence-electron chi connectivity index (χ3n) is 2.41. The van der Waals surface area contributed by atoms with Crippen LogP contribution in [0.3, 0.4) is 0 Å². The van der Waals surface area contributed by atoms with Crippen molar-refractivity contribution in [3.05, 3.63) is 62.4 Å². The van der Waals surface area contributed by atoms with Crippen LogP contribution in [-0.2, 0) is 13.2 Å². The molecule has 0 saturated carbocycles. The van der Waals surface area contributed by atoms with Gasteiger partial charge in [0.25, 0.3) is 0 Å². The first-order chi connectivity index (χ1) is 9.10. The fraction of sp³-hybridized carbons (Fsp3) is 0.154. The van der Waals surface area contributed by atoms with E-state index in [4.69, 9.17) is 14.3 Å². The molecule has 0 radical (unpaired) electrons. The molecule has 0 atom stereocenters. The van der Waals surface area contributed by atoms with Gasteiger partial charge in [-0.05, 0) is 12.1 Å². The average molecular weight is 329 g/mol. The number of rotatable bonds is 4. The Morgan fingerprint density at radius 1 is 1.37 bits per heavy atom. The quantitative estimate of drug-likeness (QED) is 0.937. The van der Waals surface area contributed by atoms with Crippen LogP contribution in [0.15, 0.2) is 44.2 Å². The zero-order chi connectivity index (χ0) is 13.8. The van der Waals surface area contributed by atoms with Gasteiger partial charge >= 0.3 is 0 Å². The Kier molecular flexibility index (Phi) is 4.34. The molecule has 0 aliphatic carbocycles. The molecule has 4 nitrogen and oxygen atoms in total. The van der Waals surface area contributed by atoms with Gasteiger partial charge in [-0.1, -0.05) is 22.0 Å². The summed E-state index contributed by atoms with van der Waals surface area (Å²) in [4.78, 5) is 11.6. The van der Waals surface area contributed by atoms with E-state index in [1.165, 1.54) is 12.1 Å². The number of hydrogen-bond acceptors (Lipinski definition) is 4. The fourth-order valence-corrected chi connectivity index (χ4v) is 1.89. The molecular weight excluding hydrogens is 319 g/mol. The minimum atomic E-state index is -0.381. The summed E-state index contributed by atoms with van der Waals surface area (Å²) in [6.07, 6.45) is 1.14. The number of aliphatic hydroxyl groups excluding tert-OH is 1. The van der Waals surface area contributed by atoms with Crippen LogP contribution in [0.25, 0.3) is 0 Å². The molecule has 2 rings (SSSR count). The van der Waals surface area contributed by atoms with Gasteiger partial charge in [0.2, 0.25) is 11.2 Å². The molecule has 1 heterocycles. The van der Waals surface area contributed by atoms with Gasteiger partial charge in [-0.2, -0.15) is 0 Å². The van der Waals surface area contributed by atoms with Gasteiger partial charge in [0.05, 0.1) is 0 Å². The van der Waals surface area contributed by atoms with E-state index in [-0.39, 0.29) is 36.0 Å². The van der Waals surface area contributed by atoms with Crippen LogP contribution in [0.1, 0.15) is 11.3 Å². The zero-order valence-corrected chi connectivity index (χ0v) is 11.3. The van der Waals surface area contributed by atoms with Gasteiger partial charge in [-0.25, -0.2) is 4.39 Å². The Labute approximate surface area is 116 Å². The van der Waals surface area contributed by atoms with Crippen molar-refractivity contribution in [2.24, 2.45) is 0 Å². The van der Waals surface area contributed by atoms with E-state index < -0.39 is 0 Å². The lowest BCUT2D eigenvalue weighted by Crippen LogP contribution is -2.08. The topological polar surface area (TPSA) is 59.7 Å². The van der Waals surface area contributed by atoms with Gasteiger partial charge in [-0.3, -0.25) is 4.79 Å². The Morgan fingerprint density at radius 3 is 2.79 bits per heavy atom. The van der Waals surface area contributed by atoms with Gasteiger partial charge in [0.1, 0.15) is 31.1 Å². The first-order valence-electron chi connectivity index (χ1n) is 5.39. The van der Waals surface area contributed by atoms with Crippen molar-refractivity contribution in [1.82, 2.24) is 0 Å². The first kappa shape index (κ1) is 13.8. The molecule has 0 unspecified atom stereocenters. The normalized spacial score (nSPS) is 10.5. The summed E-state index contributed by atoms with van der Waals surface area (Å²) in [5, 5.41) is 8.81. The summed E-state index contributed by atoms with van der Waals surface area (Å²) in [6, 6.07) is 5.34. The minimum absolute atomic E-state index is 0.0356. The Bertz CT molecular complexity index is 639. The molecule has 0 amide bonds. The van der Waals surface area contributed by atoms with Gasteiger partial charge in [-0.15, -0.1) is 0 Å². The van der Waals surface area contributed by atoms with Crippen LogP contribution in [0, 0.1) is 5.82 Å². The van der Waals surface area contributed by atoms with E-state index in [2.05, 4.69) is 15.9 Å². The molecule has 0 spiro atoms. The van der Waals surface area contributed by atoms with Crippen molar-refractivity contribution in [1.29, 1.82) is 0 Å². The lowest BCUT2D eigenvalue weighted by atomic mass is 10.2. The molecular formula is C13H10BrFO4. The van der Waals surface area contributed by atoms with Crippen LogP contribution in [0.2, 0.25) is 0 Å². The molecule has 0 bridgehead atoms. The summed E-state index contributed by atoms with van der Waals surface area (Å²) in [5.74, 6) is -0.156. The summed E-state index contributed by atoms with van der Waals surface area (Å²) in [6.45, 7) is -0.247. The van der Waals surface area contributed by atoms with Crippen molar-refractivity contribution in [2.75, 3.05) is 0 Å². The van der Waals surface area contributed by atoms with Crippen LogP contribution >= 0.6 is 15.9 Å². The summed E-state index contributed by atoms with van der Waals surface area (Å²) in [7, 11) is 0. The monoisotopic (exact) mass is 328 g/mol. The number of benzene rings is 1. The minimum Gasteiger partial charge on any atom is -0.482 e. The summed E-state index contributed by atoms with van der Waals surface area (Å²) >= 11 is 3.21. The maximum atomic E-state index is 12.9. The molecule has 1 N–H and O–H groups in total. The molecule has 0 aliphatic rings. The third-order valence-corrected chi connectivity index (χ3v) is 3.14. The van der Waals surface area contributed by atoms with E-state index in [0.717, 1.165) is 12.3 Å². The van der Waals surface area contributed by atoms with Crippen molar-refractivity contribution in [2.45, 2.75) is 13.2 Å². The van der Waals surface area contributed by atoms with Crippen LogP contribution in [0.5, 0.6) is 5.75 Å². The van der Waals surface area contributed by atoms with Gasteiger partial charge in [0.15, 0.2) is 0 Å². The second-order valence-electron chi connectivity index (χ2n) is 3.76. The maximum absolute atomic E-state index is 12.9. The Balaban J connectivity index is 2.12.